The topological polar surface area (TPSA) is 34.1 Å². The number of benzene rings is 3. The van der Waals surface area contributed by atoms with Crippen LogP contribution in [0.5, 0.6) is 0 Å². The molecule has 2 nitrogen and oxygen atoms in total. The van der Waals surface area contributed by atoms with Crippen molar-refractivity contribution in [3.05, 3.63) is 106 Å². The van der Waals surface area contributed by atoms with Gasteiger partial charge in [0.2, 0.25) is 0 Å². The zero-order chi connectivity index (χ0) is 20.8. The lowest BCUT2D eigenvalue weighted by molar-refractivity contribution is 0.105. The summed E-state index contributed by atoms with van der Waals surface area (Å²) < 4.78 is 0. The van der Waals surface area contributed by atoms with Gasteiger partial charge in [-0.1, -0.05) is 86.6 Å². The maximum atomic E-state index is 13.1. The van der Waals surface area contributed by atoms with Crippen molar-refractivity contribution in [2.75, 3.05) is 0 Å². The third-order valence-electron chi connectivity index (χ3n) is 6.22. The Morgan fingerprint density at radius 3 is 1.17 bits per heavy atom. The molecule has 2 heteroatoms. The van der Waals surface area contributed by atoms with Gasteiger partial charge in [-0.2, -0.15) is 0 Å². The molecule has 0 amide bonds. The molecule has 0 atom stereocenters. The summed E-state index contributed by atoms with van der Waals surface area (Å²) in [5.74, 6) is 0.182. The van der Waals surface area contributed by atoms with Crippen LogP contribution in [-0.2, 0) is 0 Å². The van der Waals surface area contributed by atoms with E-state index >= 15 is 0 Å². The second-order valence-electron chi connectivity index (χ2n) is 7.74. The van der Waals surface area contributed by atoms with Crippen LogP contribution in [0.1, 0.15) is 69.7 Å². The summed E-state index contributed by atoms with van der Waals surface area (Å²) in [4.78, 5) is 26.2. The zero-order valence-corrected chi connectivity index (χ0v) is 17.2. The van der Waals surface area contributed by atoms with Crippen molar-refractivity contribution < 1.29 is 9.59 Å². The van der Waals surface area contributed by atoms with Gasteiger partial charge in [-0.05, 0) is 46.2 Å². The van der Waals surface area contributed by atoms with E-state index in [1.807, 2.05) is 72.8 Å². The first kappa shape index (κ1) is 18.5. The molecule has 0 N–H and O–H groups in total. The molecule has 2 aliphatic rings. The molecule has 30 heavy (non-hydrogen) atoms. The standard InChI is InChI=1S/C28H22O2/c1-3-19-21-9-5-7-11-23(21)27(29)25(19)17-13-15-18(16-14-17)26-20(4-2)22-10-6-8-12-24(22)28(26)30/h5-16H,3-4H2,1-2H3. The lowest BCUT2D eigenvalue weighted by atomic mass is 9.93. The monoisotopic (exact) mass is 390 g/mol. The van der Waals surface area contributed by atoms with Crippen LogP contribution in [0, 0.1) is 0 Å². The highest BCUT2D eigenvalue weighted by Crippen LogP contribution is 2.42. The fraction of sp³-hybridized carbons (Fsp3) is 0.143. The third-order valence-corrected chi connectivity index (χ3v) is 6.22. The van der Waals surface area contributed by atoms with Crippen LogP contribution in [0.4, 0.5) is 0 Å². The van der Waals surface area contributed by atoms with Crippen LogP contribution >= 0.6 is 0 Å². The number of carbonyl (C=O) groups excluding carboxylic acids is 2. The van der Waals surface area contributed by atoms with Gasteiger partial charge in [-0.25, -0.2) is 0 Å². The molecule has 0 saturated heterocycles. The van der Waals surface area contributed by atoms with Gasteiger partial charge in [-0.15, -0.1) is 0 Å². The van der Waals surface area contributed by atoms with Crippen molar-refractivity contribution >= 4 is 33.9 Å². The second kappa shape index (κ2) is 7.07. The Balaban J connectivity index is 1.58. The predicted molar refractivity (Wildman–Crippen MR) is 122 cm³/mol. The summed E-state index contributed by atoms with van der Waals surface area (Å²) >= 11 is 0. The molecule has 2 aliphatic carbocycles. The fourth-order valence-corrected chi connectivity index (χ4v) is 4.85. The highest BCUT2D eigenvalue weighted by molar-refractivity contribution is 6.41. The first-order valence-electron chi connectivity index (χ1n) is 10.5. The number of ketones is 2. The van der Waals surface area contributed by atoms with Crippen molar-refractivity contribution in [1.82, 2.24) is 0 Å². The summed E-state index contributed by atoms with van der Waals surface area (Å²) in [6, 6.07) is 23.6. The predicted octanol–water partition coefficient (Wildman–Crippen LogP) is 6.72. The molecule has 3 aromatic carbocycles. The summed E-state index contributed by atoms with van der Waals surface area (Å²) in [6.45, 7) is 4.18. The molecule has 3 aromatic rings. The quantitative estimate of drug-likeness (QED) is 0.495. The second-order valence-corrected chi connectivity index (χ2v) is 7.74. The van der Waals surface area contributed by atoms with E-state index in [-0.39, 0.29) is 11.6 Å². The normalized spacial score (nSPS) is 15.1. The lowest BCUT2D eigenvalue weighted by Crippen LogP contribution is -2.00. The van der Waals surface area contributed by atoms with Crippen molar-refractivity contribution in [2.45, 2.75) is 26.7 Å². The maximum Gasteiger partial charge on any atom is 0.194 e. The molecule has 0 saturated carbocycles. The molecular formula is C28H22O2. The molecular weight excluding hydrogens is 368 g/mol. The largest absolute Gasteiger partial charge is 0.289 e. The molecule has 146 valence electrons. The number of rotatable bonds is 4. The minimum absolute atomic E-state index is 0.0908. The van der Waals surface area contributed by atoms with Gasteiger partial charge in [0, 0.05) is 22.3 Å². The molecule has 0 radical (unpaired) electrons. The Morgan fingerprint density at radius 1 is 0.500 bits per heavy atom. The summed E-state index contributed by atoms with van der Waals surface area (Å²) in [7, 11) is 0. The number of allylic oxidation sites excluding steroid dienone is 4. The van der Waals surface area contributed by atoms with Crippen LogP contribution in [0.25, 0.3) is 22.3 Å². The molecule has 0 spiro atoms. The van der Waals surface area contributed by atoms with Gasteiger partial charge >= 0.3 is 0 Å². The first-order valence-corrected chi connectivity index (χ1v) is 10.5. The van der Waals surface area contributed by atoms with E-state index in [1.165, 1.54) is 0 Å². The average molecular weight is 390 g/mol. The summed E-state index contributed by atoms with van der Waals surface area (Å²) in [5, 5.41) is 0. The number of hydrogen-bond acceptors (Lipinski definition) is 2. The van der Waals surface area contributed by atoms with Crippen LogP contribution in [0.2, 0.25) is 0 Å². The minimum atomic E-state index is 0.0908. The fourth-order valence-electron chi connectivity index (χ4n) is 4.85. The van der Waals surface area contributed by atoms with E-state index < -0.39 is 0 Å². The van der Waals surface area contributed by atoms with Crippen molar-refractivity contribution in [3.8, 4) is 0 Å². The van der Waals surface area contributed by atoms with Gasteiger partial charge in [0.25, 0.3) is 0 Å². The molecule has 0 aromatic heterocycles. The summed E-state index contributed by atoms with van der Waals surface area (Å²) in [5.41, 5.74) is 9.26. The van der Waals surface area contributed by atoms with Crippen LogP contribution in [0.3, 0.4) is 0 Å². The van der Waals surface area contributed by atoms with Gasteiger partial charge in [0.15, 0.2) is 11.6 Å². The number of fused-ring (bicyclic) bond motifs is 2. The van der Waals surface area contributed by atoms with E-state index in [0.29, 0.717) is 0 Å². The highest BCUT2D eigenvalue weighted by atomic mass is 16.1. The Kier molecular flexibility index (Phi) is 4.36. The third kappa shape index (κ3) is 2.57. The number of hydrogen-bond donors (Lipinski definition) is 0. The molecule has 0 bridgehead atoms. The van der Waals surface area contributed by atoms with Gasteiger partial charge < -0.3 is 0 Å². The van der Waals surface area contributed by atoms with Crippen LogP contribution in [0.15, 0.2) is 72.8 Å². The molecule has 0 unspecified atom stereocenters. The van der Waals surface area contributed by atoms with Crippen molar-refractivity contribution in [1.29, 1.82) is 0 Å². The zero-order valence-electron chi connectivity index (χ0n) is 17.2. The lowest BCUT2D eigenvalue weighted by Gasteiger charge is -2.09. The first-order chi connectivity index (χ1) is 14.7. The van der Waals surface area contributed by atoms with E-state index in [9.17, 15) is 9.59 Å². The van der Waals surface area contributed by atoms with E-state index in [0.717, 1.165) is 68.5 Å². The van der Waals surface area contributed by atoms with E-state index in [1.54, 1.807) is 0 Å². The molecule has 0 fully saturated rings. The Labute approximate surface area is 176 Å². The molecule has 0 aliphatic heterocycles. The van der Waals surface area contributed by atoms with Gasteiger partial charge in [-0.3, -0.25) is 9.59 Å². The minimum Gasteiger partial charge on any atom is -0.289 e. The SMILES string of the molecule is CCC1=C(c2ccc(C3=C(CC)c4ccccc4C3=O)cc2)C(=O)c2ccccc21. The smallest absolute Gasteiger partial charge is 0.194 e. The van der Waals surface area contributed by atoms with Crippen LogP contribution in [-0.4, -0.2) is 11.6 Å². The van der Waals surface area contributed by atoms with Crippen molar-refractivity contribution in [3.63, 3.8) is 0 Å². The molecule has 0 heterocycles. The molecule has 5 rings (SSSR count). The maximum absolute atomic E-state index is 13.1. The van der Waals surface area contributed by atoms with Gasteiger partial charge in [0.1, 0.15) is 0 Å². The Hall–Kier alpha value is -3.52. The highest BCUT2D eigenvalue weighted by Gasteiger charge is 2.31. The number of Topliss-reactive ketones (excluding diaryl/α,β-unsaturated/α-hetero) is 2. The van der Waals surface area contributed by atoms with Gasteiger partial charge in [0.05, 0.1) is 0 Å². The van der Waals surface area contributed by atoms with E-state index in [4.69, 9.17) is 0 Å². The average Bonchev–Trinajstić information content (AvgIpc) is 3.25. The Bertz CT molecular complexity index is 1170. The van der Waals surface area contributed by atoms with E-state index in [2.05, 4.69) is 13.8 Å². The number of carbonyl (C=O) groups is 2. The van der Waals surface area contributed by atoms with Crippen molar-refractivity contribution in [2.24, 2.45) is 0 Å². The Morgan fingerprint density at radius 2 is 0.833 bits per heavy atom. The summed E-state index contributed by atoms with van der Waals surface area (Å²) in [6.07, 6.45) is 1.61. The van der Waals surface area contributed by atoms with Crippen LogP contribution < -0.4 is 0 Å².